The predicted octanol–water partition coefficient (Wildman–Crippen LogP) is 3.25. The molecule has 0 unspecified atom stereocenters. The van der Waals surface area contributed by atoms with Crippen LogP contribution in [0.2, 0.25) is 0 Å². The number of benzene rings is 3. The average Bonchev–Trinajstić information content (AvgIpc) is 2.70. The molecule has 0 aliphatic carbocycles. The minimum absolute atomic E-state index is 0.0991. The van der Waals surface area contributed by atoms with E-state index in [9.17, 15) is 24.2 Å². The van der Waals surface area contributed by atoms with Crippen LogP contribution in [0.4, 0.5) is 10.1 Å². The number of phenols is 2. The minimum atomic E-state index is -0.647. The highest BCUT2D eigenvalue weighted by Gasteiger charge is 2.12. The third-order valence-corrected chi connectivity index (χ3v) is 3.88. The van der Waals surface area contributed by atoms with Gasteiger partial charge in [0.25, 0.3) is 11.8 Å². The van der Waals surface area contributed by atoms with E-state index < -0.39 is 17.6 Å². The number of anilines is 1. The summed E-state index contributed by atoms with van der Waals surface area (Å²) in [6.07, 6.45) is 1.22. The fraction of sp³-hybridized carbons (Fsp3) is 0. The second-order valence-electron chi connectivity index (χ2n) is 5.96. The Kier molecular flexibility index (Phi) is 5.84. The molecule has 3 aromatic carbocycles. The summed E-state index contributed by atoms with van der Waals surface area (Å²) in [7, 11) is 0. The van der Waals surface area contributed by atoms with E-state index in [4.69, 9.17) is 0 Å². The molecule has 8 heteroatoms. The third kappa shape index (κ3) is 4.95. The van der Waals surface area contributed by atoms with Crippen LogP contribution in [0.1, 0.15) is 26.3 Å². The minimum Gasteiger partial charge on any atom is -0.508 e. The number of nitrogens with zero attached hydrogens (tertiary/aromatic N) is 1. The van der Waals surface area contributed by atoms with Crippen molar-refractivity contribution in [3.05, 3.63) is 89.2 Å². The van der Waals surface area contributed by atoms with E-state index in [1.165, 1.54) is 48.7 Å². The van der Waals surface area contributed by atoms with Crippen molar-refractivity contribution in [1.82, 2.24) is 5.43 Å². The zero-order valence-corrected chi connectivity index (χ0v) is 15.0. The largest absolute Gasteiger partial charge is 0.508 e. The van der Waals surface area contributed by atoms with Gasteiger partial charge in [0.1, 0.15) is 17.3 Å². The lowest BCUT2D eigenvalue weighted by Crippen LogP contribution is -2.18. The summed E-state index contributed by atoms with van der Waals surface area (Å²) in [6, 6.07) is 15.6. The van der Waals surface area contributed by atoms with Gasteiger partial charge in [-0.3, -0.25) is 9.59 Å². The molecule has 29 heavy (non-hydrogen) atoms. The van der Waals surface area contributed by atoms with Crippen molar-refractivity contribution in [2.45, 2.75) is 0 Å². The molecule has 0 aliphatic rings. The fourth-order valence-corrected chi connectivity index (χ4v) is 2.45. The molecule has 3 aromatic rings. The Hall–Kier alpha value is -4.20. The number of carbonyl (C=O) groups is 2. The maximum atomic E-state index is 13.7. The molecule has 0 atom stereocenters. The number of rotatable bonds is 5. The number of hydrogen-bond donors (Lipinski definition) is 4. The Labute approximate surface area is 165 Å². The van der Waals surface area contributed by atoms with Gasteiger partial charge in [-0.05, 0) is 42.5 Å². The van der Waals surface area contributed by atoms with Gasteiger partial charge in [-0.1, -0.05) is 18.2 Å². The molecule has 0 saturated heterocycles. The fourth-order valence-electron chi connectivity index (χ4n) is 2.45. The molecule has 0 aromatic heterocycles. The first-order valence-corrected chi connectivity index (χ1v) is 8.45. The van der Waals surface area contributed by atoms with Gasteiger partial charge < -0.3 is 15.5 Å². The molecule has 146 valence electrons. The summed E-state index contributed by atoms with van der Waals surface area (Å²) in [6.45, 7) is 0. The molecule has 0 spiro atoms. The molecule has 4 N–H and O–H groups in total. The van der Waals surface area contributed by atoms with Crippen molar-refractivity contribution in [2.75, 3.05) is 5.32 Å². The second kappa shape index (κ2) is 8.66. The van der Waals surface area contributed by atoms with Crippen LogP contribution in [0.15, 0.2) is 71.8 Å². The van der Waals surface area contributed by atoms with E-state index in [-0.39, 0.29) is 22.6 Å². The lowest BCUT2D eigenvalue weighted by atomic mass is 10.1. The Morgan fingerprint density at radius 2 is 1.72 bits per heavy atom. The van der Waals surface area contributed by atoms with Crippen LogP contribution in [-0.4, -0.2) is 28.2 Å². The van der Waals surface area contributed by atoms with Gasteiger partial charge in [0.05, 0.1) is 11.8 Å². The number of carbonyl (C=O) groups excluding carboxylic acids is 2. The van der Waals surface area contributed by atoms with Gasteiger partial charge >= 0.3 is 0 Å². The highest BCUT2D eigenvalue weighted by molar-refractivity contribution is 6.05. The molecule has 3 rings (SSSR count). The SMILES string of the molecule is O=C(N/N=C/c1ccc(O)cc1O)c1cccc(NC(=O)c2ccccc2F)c1. The highest BCUT2D eigenvalue weighted by Crippen LogP contribution is 2.20. The van der Waals surface area contributed by atoms with Crippen LogP contribution < -0.4 is 10.7 Å². The Morgan fingerprint density at radius 3 is 2.48 bits per heavy atom. The van der Waals surface area contributed by atoms with Crippen molar-refractivity contribution < 1.29 is 24.2 Å². The average molecular weight is 393 g/mol. The van der Waals surface area contributed by atoms with Gasteiger partial charge in [-0.2, -0.15) is 5.10 Å². The zero-order valence-electron chi connectivity index (χ0n) is 15.0. The van der Waals surface area contributed by atoms with Crippen molar-refractivity contribution in [1.29, 1.82) is 0 Å². The van der Waals surface area contributed by atoms with Crippen LogP contribution in [0.25, 0.3) is 0 Å². The number of aromatic hydroxyl groups is 2. The van der Waals surface area contributed by atoms with E-state index in [1.54, 1.807) is 18.2 Å². The van der Waals surface area contributed by atoms with E-state index >= 15 is 0 Å². The number of phenolic OH excluding ortho intramolecular Hbond substituents is 2. The van der Waals surface area contributed by atoms with Crippen molar-refractivity contribution >= 4 is 23.7 Å². The lowest BCUT2D eigenvalue weighted by molar-refractivity contribution is 0.0953. The summed E-state index contributed by atoms with van der Waals surface area (Å²) in [5.41, 5.74) is 3.01. The smallest absolute Gasteiger partial charge is 0.271 e. The standard InChI is InChI=1S/C21H16FN3O4/c22-18-7-2-1-6-17(18)21(29)24-15-5-3-4-13(10-15)20(28)25-23-12-14-8-9-16(26)11-19(14)27/h1-12,26-27H,(H,24,29)(H,25,28)/b23-12+. The van der Waals surface area contributed by atoms with Crippen LogP contribution in [0.3, 0.4) is 0 Å². The highest BCUT2D eigenvalue weighted by atomic mass is 19.1. The molecule has 0 radical (unpaired) electrons. The van der Waals surface area contributed by atoms with Crippen LogP contribution >= 0.6 is 0 Å². The van der Waals surface area contributed by atoms with Crippen molar-refractivity contribution in [3.8, 4) is 11.5 Å². The number of hydrazone groups is 1. The van der Waals surface area contributed by atoms with Gasteiger partial charge in [0, 0.05) is 22.9 Å². The third-order valence-electron chi connectivity index (χ3n) is 3.88. The van der Waals surface area contributed by atoms with Gasteiger partial charge in [0.2, 0.25) is 0 Å². The summed E-state index contributed by atoms with van der Waals surface area (Å²) in [4.78, 5) is 24.4. The van der Waals surface area contributed by atoms with E-state index in [2.05, 4.69) is 15.8 Å². The first kappa shape index (κ1) is 19.6. The molecular weight excluding hydrogens is 377 g/mol. The second-order valence-corrected chi connectivity index (χ2v) is 5.96. The number of amides is 2. The summed E-state index contributed by atoms with van der Waals surface area (Å²) in [5, 5.41) is 25.2. The summed E-state index contributed by atoms with van der Waals surface area (Å²) < 4.78 is 13.7. The molecular formula is C21H16FN3O4. The van der Waals surface area contributed by atoms with Crippen LogP contribution in [0, 0.1) is 5.82 Å². The van der Waals surface area contributed by atoms with E-state index in [1.807, 2.05) is 0 Å². The lowest BCUT2D eigenvalue weighted by Gasteiger charge is -2.07. The van der Waals surface area contributed by atoms with E-state index in [0.29, 0.717) is 11.3 Å². The topological polar surface area (TPSA) is 111 Å². The van der Waals surface area contributed by atoms with Crippen LogP contribution in [-0.2, 0) is 0 Å². The van der Waals surface area contributed by atoms with Gasteiger partial charge in [-0.25, -0.2) is 9.82 Å². The normalized spacial score (nSPS) is 10.7. The number of hydrogen-bond acceptors (Lipinski definition) is 5. The number of nitrogens with one attached hydrogen (secondary N) is 2. The summed E-state index contributed by atoms with van der Waals surface area (Å²) in [5.74, 6) is -2.13. The maximum Gasteiger partial charge on any atom is 0.271 e. The van der Waals surface area contributed by atoms with Crippen molar-refractivity contribution in [2.24, 2.45) is 5.10 Å². The monoisotopic (exact) mass is 393 g/mol. The first-order valence-electron chi connectivity index (χ1n) is 8.45. The molecule has 0 saturated carbocycles. The molecule has 0 bridgehead atoms. The molecule has 7 nitrogen and oxygen atoms in total. The molecule has 0 heterocycles. The van der Waals surface area contributed by atoms with E-state index in [0.717, 1.165) is 6.07 Å². The van der Waals surface area contributed by atoms with Crippen molar-refractivity contribution in [3.63, 3.8) is 0 Å². The quantitative estimate of drug-likeness (QED) is 0.394. The Bertz CT molecular complexity index is 1100. The molecule has 0 fully saturated rings. The Morgan fingerprint density at radius 1 is 0.931 bits per heavy atom. The summed E-state index contributed by atoms with van der Waals surface area (Å²) >= 11 is 0. The first-order chi connectivity index (χ1) is 13.9. The van der Waals surface area contributed by atoms with Crippen LogP contribution in [0.5, 0.6) is 11.5 Å². The maximum absolute atomic E-state index is 13.7. The zero-order chi connectivity index (χ0) is 20.8. The molecule has 0 aliphatic heterocycles. The predicted molar refractivity (Wildman–Crippen MR) is 106 cm³/mol. The Balaban J connectivity index is 1.67. The van der Waals surface area contributed by atoms with Gasteiger partial charge in [-0.15, -0.1) is 0 Å². The van der Waals surface area contributed by atoms with Gasteiger partial charge in [0.15, 0.2) is 0 Å². The number of halogens is 1. The molecule has 2 amide bonds.